The number of benzene rings is 1. The van der Waals surface area contributed by atoms with E-state index in [1.165, 1.54) is 32.7 Å². The zero-order chi connectivity index (χ0) is 20.3. The fourth-order valence-electron chi connectivity index (χ4n) is 2.68. The SMILES string of the molecule is COc1cc(CC(=O)Nc2nnc(-c3sc(C)nc3C)o2)cc(OC)c1OC. The quantitative estimate of drug-likeness (QED) is 0.640. The van der Waals surface area contributed by atoms with Gasteiger partial charge in [0.25, 0.3) is 5.89 Å². The minimum Gasteiger partial charge on any atom is -0.493 e. The Morgan fingerprint density at radius 3 is 2.32 bits per heavy atom. The second-order valence-electron chi connectivity index (χ2n) is 5.82. The first-order valence-electron chi connectivity index (χ1n) is 8.31. The number of anilines is 1. The van der Waals surface area contributed by atoms with Crippen molar-refractivity contribution in [3.8, 4) is 28.0 Å². The van der Waals surface area contributed by atoms with Crippen LogP contribution in [0.25, 0.3) is 10.8 Å². The lowest BCUT2D eigenvalue weighted by atomic mass is 10.1. The van der Waals surface area contributed by atoms with Gasteiger partial charge in [-0.3, -0.25) is 10.1 Å². The lowest BCUT2D eigenvalue weighted by molar-refractivity contribution is -0.115. The van der Waals surface area contributed by atoms with Crippen LogP contribution in [0.4, 0.5) is 6.01 Å². The first-order valence-corrected chi connectivity index (χ1v) is 9.13. The van der Waals surface area contributed by atoms with E-state index in [1.54, 1.807) is 12.1 Å². The molecule has 2 aromatic heterocycles. The van der Waals surface area contributed by atoms with Gasteiger partial charge in [0.15, 0.2) is 11.5 Å². The Labute approximate surface area is 165 Å². The molecule has 148 valence electrons. The number of carbonyl (C=O) groups excluding carboxylic acids is 1. The minimum absolute atomic E-state index is 0.0258. The molecule has 28 heavy (non-hydrogen) atoms. The molecule has 0 aliphatic rings. The molecule has 0 unspecified atom stereocenters. The third-order valence-corrected chi connectivity index (χ3v) is 4.92. The zero-order valence-corrected chi connectivity index (χ0v) is 17.0. The van der Waals surface area contributed by atoms with Crippen molar-refractivity contribution in [2.45, 2.75) is 20.3 Å². The Morgan fingerprint density at radius 1 is 1.11 bits per heavy atom. The van der Waals surface area contributed by atoms with Crippen LogP contribution in [0.1, 0.15) is 16.3 Å². The van der Waals surface area contributed by atoms with Gasteiger partial charge in [-0.05, 0) is 31.5 Å². The van der Waals surface area contributed by atoms with Gasteiger partial charge in [0.05, 0.1) is 38.5 Å². The van der Waals surface area contributed by atoms with Crippen molar-refractivity contribution >= 4 is 23.3 Å². The minimum atomic E-state index is -0.318. The highest BCUT2D eigenvalue weighted by Gasteiger charge is 2.18. The molecule has 10 heteroatoms. The second-order valence-corrected chi connectivity index (χ2v) is 7.02. The number of methoxy groups -OCH3 is 3. The number of hydrogen-bond acceptors (Lipinski definition) is 9. The van der Waals surface area contributed by atoms with Gasteiger partial charge in [-0.15, -0.1) is 16.4 Å². The molecule has 0 aliphatic heterocycles. The van der Waals surface area contributed by atoms with E-state index in [0.717, 1.165) is 15.6 Å². The average Bonchev–Trinajstić information content (AvgIpc) is 3.26. The van der Waals surface area contributed by atoms with Gasteiger partial charge in [0, 0.05) is 0 Å². The molecular weight excluding hydrogens is 384 g/mol. The third kappa shape index (κ3) is 4.06. The molecule has 0 fully saturated rings. The van der Waals surface area contributed by atoms with Crippen LogP contribution in [-0.2, 0) is 11.2 Å². The molecule has 0 atom stereocenters. The molecule has 1 amide bonds. The first-order chi connectivity index (χ1) is 13.4. The van der Waals surface area contributed by atoms with Crippen LogP contribution in [0, 0.1) is 13.8 Å². The number of aryl methyl sites for hydroxylation is 2. The Morgan fingerprint density at radius 2 is 1.79 bits per heavy atom. The van der Waals surface area contributed by atoms with Gasteiger partial charge < -0.3 is 18.6 Å². The monoisotopic (exact) mass is 404 g/mol. The number of thiazole rings is 1. The normalized spacial score (nSPS) is 10.6. The maximum atomic E-state index is 12.4. The van der Waals surface area contributed by atoms with E-state index in [2.05, 4.69) is 20.5 Å². The molecule has 2 heterocycles. The van der Waals surface area contributed by atoms with Crippen molar-refractivity contribution in [3.05, 3.63) is 28.4 Å². The summed E-state index contributed by atoms with van der Waals surface area (Å²) in [5.74, 6) is 1.42. The van der Waals surface area contributed by atoms with E-state index >= 15 is 0 Å². The predicted molar refractivity (Wildman–Crippen MR) is 103 cm³/mol. The topological polar surface area (TPSA) is 109 Å². The van der Waals surface area contributed by atoms with E-state index in [-0.39, 0.29) is 18.3 Å². The Hall–Kier alpha value is -3.14. The molecule has 0 saturated carbocycles. The highest BCUT2D eigenvalue weighted by Crippen LogP contribution is 2.38. The summed E-state index contributed by atoms with van der Waals surface area (Å²) in [5, 5.41) is 11.4. The summed E-state index contributed by atoms with van der Waals surface area (Å²) >= 11 is 1.45. The number of nitrogens with one attached hydrogen (secondary N) is 1. The summed E-state index contributed by atoms with van der Waals surface area (Å²) in [7, 11) is 4.56. The van der Waals surface area contributed by atoms with E-state index in [4.69, 9.17) is 18.6 Å². The molecule has 3 aromatic rings. The zero-order valence-electron chi connectivity index (χ0n) is 16.2. The van der Waals surface area contributed by atoms with Crippen molar-refractivity contribution in [3.63, 3.8) is 0 Å². The number of carbonyl (C=O) groups is 1. The van der Waals surface area contributed by atoms with E-state index in [9.17, 15) is 4.79 Å². The standard InChI is InChI=1S/C18H20N4O5S/c1-9-16(28-10(2)19-9)17-21-22-18(27-17)20-14(23)8-11-6-12(24-3)15(26-5)13(7-11)25-4/h6-7H,8H2,1-5H3,(H,20,22,23). The molecule has 0 radical (unpaired) electrons. The third-order valence-electron chi connectivity index (χ3n) is 3.86. The lowest BCUT2D eigenvalue weighted by Crippen LogP contribution is -2.15. The maximum absolute atomic E-state index is 12.4. The van der Waals surface area contributed by atoms with Crippen LogP contribution in [0.15, 0.2) is 16.5 Å². The molecule has 3 rings (SSSR count). The molecular formula is C18H20N4O5S. The number of ether oxygens (including phenoxy) is 3. The predicted octanol–water partition coefficient (Wildman–Crippen LogP) is 3.02. The van der Waals surface area contributed by atoms with Crippen molar-refractivity contribution in [1.29, 1.82) is 0 Å². The molecule has 0 spiro atoms. The van der Waals surface area contributed by atoms with Crippen LogP contribution in [0.2, 0.25) is 0 Å². The Kier molecular flexibility index (Phi) is 5.78. The average molecular weight is 404 g/mol. The Balaban J connectivity index is 1.74. The highest BCUT2D eigenvalue weighted by molar-refractivity contribution is 7.15. The summed E-state index contributed by atoms with van der Waals surface area (Å²) < 4.78 is 21.4. The van der Waals surface area contributed by atoms with Gasteiger partial charge in [-0.2, -0.15) is 0 Å². The number of rotatable bonds is 7. The van der Waals surface area contributed by atoms with Crippen molar-refractivity contribution in [2.75, 3.05) is 26.6 Å². The summed E-state index contributed by atoms with van der Waals surface area (Å²) in [6.45, 7) is 3.77. The second kappa shape index (κ2) is 8.26. The van der Waals surface area contributed by atoms with E-state index in [0.29, 0.717) is 28.7 Å². The fraction of sp³-hybridized carbons (Fsp3) is 0.333. The smallest absolute Gasteiger partial charge is 0.322 e. The van der Waals surface area contributed by atoms with Gasteiger partial charge in [0.1, 0.15) is 4.88 Å². The van der Waals surface area contributed by atoms with Crippen LogP contribution in [-0.4, -0.2) is 42.4 Å². The van der Waals surface area contributed by atoms with Gasteiger partial charge in [-0.1, -0.05) is 5.10 Å². The molecule has 0 aliphatic carbocycles. The summed E-state index contributed by atoms with van der Waals surface area (Å²) in [6, 6.07) is 3.45. The highest BCUT2D eigenvalue weighted by atomic mass is 32.1. The molecule has 0 saturated heterocycles. The molecule has 9 nitrogen and oxygen atoms in total. The number of hydrogen-bond donors (Lipinski definition) is 1. The first kappa shape index (κ1) is 19.6. The molecule has 1 aromatic carbocycles. The Bertz CT molecular complexity index is 973. The van der Waals surface area contributed by atoms with E-state index < -0.39 is 0 Å². The maximum Gasteiger partial charge on any atom is 0.322 e. The van der Waals surface area contributed by atoms with Crippen LogP contribution >= 0.6 is 11.3 Å². The molecule has 1 N–H and O–H groups in total. The van der Waals surface area contributed by atoms with Crippen molar-refractivity contribution in [1.82, 2.24) is 15.2 Å². The van der Waals surface area contributed by atoms with Crippen LogP contribution in [0.5, 0.6) is 17.2 Å². The number of nitrogens with zero attached hydrogens (tertiary/aromatic N) is 3. The van der Waals surface area contributed by atoms with Crippen LogP contribution < -0.4 is 19.5 Å². The fourth-order valence-corrected chi connectivity index (χ4v) is 3.52. The number of aromatic nitrogens is 3. The van der Waals surface area contributed by atoms with Gasteiger partial charge >= 0.3 is 6.01 Å². The van der Waals surface area contributed by atoms with Gasteiger partial charge in [0.2, 0.25) is 11.7 Å². The molecule has 0 bridgehead atoms. The lowest BCUT2D eigenvalue weighted by Gasteiger charge is -2.13. The number of amides is 1. The largest absolute Gasteiger partial charge is 0.493 e. The summed E-state index contributed by atoms with van der Waals surface area (Å²) in [5.41, 5.74) is 1.49. The van der Waals surface area contributed by atoms with Crippen molar-refractivity contribution in [2.24, 2.45) is 0 Å². The van der Waals surface area contributed by atoms with Crippen LogP contribution in [0.3, 0.4) is 0 Å². The summed E-state index contributed by atoms with van der Waals surface area (Å²) in [6.07, 6.45) is 0.0626. The van der Waals surface area contributed by atoms with Crippen molar-refractivity contribution < 1.29 is 23.4 Å². The van der Waals surface area contributed by atoms with Gasteiger partial charge in [-0.25, -0.2) is 4.98 Å². The van der Waals surface area contributed by atoms with E-state index in [1.807, 2.05) is 13.8 Å². The summed E-state index contributed by atoms with van der Waals surface area (Å²) in [4.78, 5) is 17.5.